The Hall–Kier alpha value is -1.99. The van der Waals surface area contributed by atoms with Gasteiger partial charge in [-0.3, -0.25) is 24.9 Å². The number of nitrogens with zero attached hydrogens (tertiary/aromatic N) is 2. The average molecular weight is 277 g/mol. The lowest BCUT2D eigenvalue weighted by Crippen LogP contribution is -2.47. The zero-order valence-corrected chi connectivity index (χ0v) is 11.2. The van der Waals surface area contributed by atoms with Crippen molar-refractivity contribution in [3.63, 3.8) is 0 Å². The second-order valence-corrected chi connectivity index (χ2v) is 4.90. The van der Waals surface area contributed by atoms with Crippen molar-refractivity contribution >= 4 is 11.8 Å². The monoisotopic (exact) mass is 277 g/mol. The molecule has 0 aromatic carbocycles. The number of carbonyl (C=O) groups is 2. The Balaban J connectivity index is 2.05. The van der Waals surface area contributed by atoms with Gasteiger partial charge in [0.1, 0.15) is 0 Å². The lowest BCUT2D eigenvalue weighted by Gasteiger charge is -2.33. The number of rotatable bonds is 4. The van der Waals surface area contributed by atoms with Gasteiger partial charge in [-0.2, -0.15) is 0 Å². The summed E-state index contributed by atoms with van der Waals surface area (Å²) in [5.41, 5.74) is 8.68. The fraction of sp³-hybridized carbons (Fsp3) is 0.462. The average Bonchev–Trinajstić information content (AvgIpc) is 2.47. The summed E-state index contributed by atoms with van der Waals surface area (Å²) in [5.74, 6) is 4.39. The lowest BCUT2D eigenvalue weighted by atomic mass is 10.0. The standard InChI is InChI=1S/C13H19N5O2/c14-12(19)11-3-1-2-6-18(11)8-10-5-4-9(7-16-10)13(20)17-15/h4-5,7,11H,1-3,6,8,15H2,(H2,14,19)(H,17,20). The molecule has 20 heavy (non-hydrogen) atoms. The summed E-state index contributed by atoms with van der Waals surface area (Å²) in [4.78, 5) is 29.0. The summed E-state index contributed by atoms with van der Waals surface area (Å²) in [7, 11) is 0. The molecule has 1 aliphatic heterocycles. The Morgan fingerprint density at radius 3 is 2.80 bits per heavy atom. The van der Waals surface area contributed by atoms with Crippen LogP contribution < -0.4 is 17.0 Å². The van der Waals surface area contributed by atoms with Gasteiger partial charge in [-0.1, -0.05) is 6.42 Å². The van der Waals surface area contributed by atoms with Gasteiger partial charge in [-0.15, -0.1) is 0 Å². The number of aromatic nitrogens is 1. The van der Waals surface area contributed by atoms with Crippen molar-refractivity contribution in [2.24, 2.45) is 11.6 Å². The molecule has 1 atom stereocenters. The third-order valence-corrected chi connectivity index (χ3v) is 3.53. The first kappa shape index (κ1) is 14.4. The molecule has 0 bridgehead atoms. The van der Waals surface area contributed by atoms with Crippen molar-refractivity contribution in [3.8, 4) is 0 Å². The molecule has 2 amide bonds. The van der Waals surface area contributed by atoms with Gasteiger partial charge in [0, 0.05) is 12.7 Å². The number of likely N-dealkylation sites (tertiary alicyclic amines) is 1. The third-order valence-electron chi connectivity index (χ3n) is 3.53. The molecular formula is C13H19N5O2. The van der Waals surface area contributed by atoms with Crippen molar-refractivity contribution in [1.29, 1.82) is 0 Å². The molecule has 1 unspecified atom stereocenters. The highest BCUT2D eigenvalue weighted by atomic mass is 16.2. The van der Waals surface area contributed by atoms with Gasteiger partial charge in [0.05, 0.1) is 17.3 Å². The molecule has 0 spiro atoms. The summed E-state index contributed by atoms with van der Waals surface area (Å²) in [6.45, 7) is 1.39. The molecule has 108 valence electrons. The second-order valence-electron chi connectivity index (χ2n) is 4.90. The van der Waals surface area contributed by atoms with Gasteiger partial charge in [-0.25, -0.2) is 5.84 Å². The van der Waals surface area contributed by atoms with E-state index in [1.54, 1.807) is 12.1 Å². The SMILES string of the molecule is NNC(=O)c1ccc(CN2CCCCC2C(N)=O)nc1. The molecule has 2 heterocycles. The van der Waals surface area contributed by atoms with Crippen molar-refractivity contribution in [1.82, 2.24) is 15.3 Å². The summed E-state index contributed by atoms with van der Waals surface area (Å²) >= 11 is 0. The molecule has 1 aromatic heterocycles. The maximum Gasteiger partial charge on any atom is 0.266 e. The number of nitrogen functional groups attached to an aromatic ring is 1. The molecule has 1 aromatic rings. The summed E-state index contributed by atoms with van der Waals surface area (Å²) in [5, 5.41) is 0. The summed E-state index contributed by atoms with van der Waals surface area (Å²) < 4.78 is 0. The molecule has 2 rings (SSSR count). The van der Waals surface area contributed by atoms with E-state index in [1.165, 1.54) is 6.20 Å². The number of hydrogen-bond donors (Lipinski definition) is 3. The minimum Gasteiger partial charge on any atom is -0.368 e. The smallest absolute Gasteiger partial charge is 0.266 e. The Kier molecular flexibility index (Phi) is 4.65. The van der Waals surface area contributed by atoms with Crippen LogP contribution in [0, 0.1) is 0 Å². The topological polar surface area (TPSA) is 114 Å². The Morgan fingerprint density at radius 1 is 1.40 bits per heavy atom. The molecule has 0 aliphatic carbocycles. The minimum atomic E-state index is -0.378. The number of piperidine rings is 1. The van der Waals surface area contributed by atoms with Crippen LogP contribution in [-0.4, -0.2) is 34.3 Å². The Bertz CT molecular complexity index is 488. The van der Waals surface area contributed by atoms with E-state index in [4.69, 9.17) is 11.6 Å². The van der Waals surface area contributed by atoms with Gasteiger partial charge in [0.2, 0.25) is 5.91 Å². The van der Waals surface area contributed by atoms with Crippen molar-refractivity contribution in [3.05, 3.63) is 29.6 Å². The van der Waals surface area contributed by atoms with Crippen molar-refractivity contribution in [2.45, 2.75) is 31.8 Å². The first-order chi connectivity index (χ1) is 9.61. The van der Waals surface area contributed by atoms with Crippen LogP contribution in [0.3, 0.4) is 0 Å². The van der Waals surface area contributed by atoms with Crippen LogP contribution in [0.1, 0.15) is 35.3 Å². The highest BCUT2D eigenvalue weighted by Gasteiger charge is 2.26. The molecule has 7 nitrogen and oxygen atoms in total. The Labute approximate surface area is 117 Å². The van der Waals surface area contributed by atoms with E-state index in [9.17, 15) is 9.59 Å². The molecule has 7 heteroatoms. The van der Waals surface area contributed by atoms with Crippen molar-refractivity contribution in [2.75, 3.05) is 6.54 Å². The first-order valence-corrected chi connectivity index (χ1v) is 6.61. The van der Waals surface area contributed by atoms with E-state index >= 15 is 0 Å². The van der Waals surface area contributed by atoms with Crippen LogP contribution in [0.2, 0.25) is 0 Å². The molecule has 5 N–H and O–H groups in total. The number of hydrazine groups is 1. The fourth-order valence-electron chi connectivity index (χ4n) is 2.45. The van der Waals surface area contributed by atoms with E-state index in [0.29, 0.717) is 12.1 Å². The quantitative estimate of drug-likeness (QED) is 0.391. The third kappa shape index (κ3) is 3.31. The number of pyridine rings is 1. The number of carbonyl (C=O) groups excluding carboxylic acids is 2. The molecular weight excluding hydrogens is 258 g/mol. The Morgan fingerprint density at radius 2 is 2.20 bits per heavy atom. The van der Waals surface area contributed by atoms with Gasteiger partial charge >= 0.3 is 0 Å². The van der Waals surface area contributed by atoms with E-state index in [0.717, 1.165) is 31.5 Å². The number of nitrogens with one attached hydrogen (secondary N) is 1. The maximum atomic E-state index is 11.4. The van der Waals surface area contributed by atoms with Crippen LogP contribution in [0.4, 0.5) is 0 Å². The predicted octanol–water partition coefficient (Wildman–Crippen LogP) is -0.475. The predicted molar refractivity (Wildman–Crippen MR) is 73.1 cm³/mol. The number of nitrogens with two attached hydrogens (primary N) is 2. The van der Waals surface area contributed by atoms with Crippen LogP contribution in [-0.2, 0) is 11.3 Å². The largest absolute Gasteiger partial charge is 0.368 e. The highest BCUT2D eigenvalue weighted by Crippen LogP contribution is 2.18. The van der Waals surface area contributed by atoms with E-state index in [1.807, 2.05) is 4.90 Å². The van der Waals surface area contributed by atoms with E-state index in [2.05, 4.69) is 10.4 Å². The van der Waals surface area contributed by atoms with Gasteiger partial charge in [-0.05, 0) is 31.5 Å². The van der Waals surface area contributed by atoms with E-state index in [-0.39, 0.29) is 17.9 Å². The summed E-state index contributed by atoms with van der Waals surface area (Å²) in [6, 6.07) is 3.20. The van der Waals surface area contributed by atoms with Gasteiger partial charge in [0.25, 0.3) is 5.91 Å². The van der Waals surface area contributed by atoms with Gasteiger partial charge in [0.15, 0.2) is 0 Å². The maximum absolute atomic E-state index is 11.4. The minimum absolute atomic E-state index is 0.224. The second kappa shape index (κ2) is 6.44. The molecule has 1 fully saturated rings. The fourth-order valence-corrected chi connectivity index (χ4v) is 2.45. The van der Waals surface area contributed by atoms with Crippen molar-refractivity contribution < 1.29 is 9.59 Å². The van der Waals surface area contributed by atoms with Crippen LogP contribution in [0.25, 0.3) is 0 Å². The molecule has 0 radical (unpaired) electrons. The summed E-state index contributed by atoms with van der Waals surface area (Å²) in [6.07, 6.45) is 4.34. The normalized spacial score (nSPS) is 19.6. The lowest BCUT2D eigenvalue weighted by molar-refractivity contribution is -0.124. The number of amides is 2. The highest BCUT2D eigenvalue weighted by molar-refractivity contribution is 5.93. The van der Waals surface area contributed by atoms with Crippen LogP contribution in [0.5, 0.6) is 0 Å². The number of hydrogen-bond acceptors (Lipinski definition) is 5. The molecule has 1 saturated heterocycles. The number of primary amides is 1. The van der Waals surface area contributed by atoms with Crippen LogP contribution >= 0.6 is 0 Å². The molecule has 1 aliphatic rings. The first-order valence-electron chi connectivity index (χ1n) is 6.61. The van der Waals surface area contributed by atoms with Crippen LogP contribution in [0.15, 0.2) is 18.3 Å². The zero-order chi connectivity index (χ0) is 14.5. The zero-order valence-electron chi connectivity index (χ0n) is 11.2. The van der Waals surface area contributed by atoms with E-state index < -0.39 is 0 Å². The van der Waals surface area contributed by atoms with Gasteiger partial charge < -0.3 is 5.73 Å². The molecule has 0 saturated carbocycles.